The highest BCUT2D eigenvalue weighted by Gasteiger charge is 2.32. The number of thiophene rings is 1. The lowest BCUT2D eigenvalue weighted by Gasteiger charge is -2.43. The summed E-state index contributed by atoms with van der Waals surface area (Å²) in [6, 6.07) is 9.90. The van der Waals surface area contributed by atoms with E-state index in [1.54, 1.807) is 20.2 Å². The number of sulfonamides is 1. The molecular weight excluding hydrogens is 434 g/mol. The number of para-hydroxylation sites is 1. The van der Waals surface area contributed by atoms with Crippen molar-refractivity contribution in [1.29, 1.82) is 0 Å². The molecule has 1 aliphatic heterocycles. The van der Waals surface area contributed by atoms with Gasteiger partial charge in [-0.1, -0.05) is 38.8 Å². The van der Waals surface area contributed by atoms with E-state index in [0.29, 0.717) is 9.62 Å². The molecule has 0 aliphatic carbocycles. The first-order valence-corrected chi connectivity index (χ1v) is 13.6. The summed E-state index contributed by atoms with van der Waals surface area (Å²) >= 11 is 2.77. The van der Waals surface area contributed by atoms with Gasteiger partial charge in [0.1, 0.15) is 4.21 Å². The highest BCUT2D eigenvalue weighted by molar-refractivity contribution is 8.02. The van der Waals surface area contributed by atoms with Gasteiger partial charge in [0, 0.05) is 27.2 Å². The molecule has 1 aliphatic rings. The maximum absolute atomic E-state index is 12.3. The minimum absolute atomic E-state index is 0.368. The number of anilines is 2. The van der Waals surface area contributed by atoms with Crippen molar-refractivity contribution in [3.8, 4) is 0 Å². The lowest BCUT2D eigenvalue weighted by molar-refractivity contribution is 0.199. The third kappa shape index (κ3) is 4.82. The average Bonchev–Trinajstić information content (AvgIpc) is 3.22. The molecule has 1 aromatic heterocycles. The largest absolute Gasteiger partial charge is 0.370 e. The van der Waals surface area contributed by atoms with Gasteiger partial charge in [0.2, 0.25) is 0 Å². The Hall–Kier alpha value is -1.22. The summed E-state index contributed by atoms with van der Waals surface area (Å²) < 4.78 is 30.7. The van der Waals surface area contributed by atoms with Crippen molar-refractivity contribution in [2.75, 3.05) is 36.8 Å². The highest BCUT2D eigenvalue weighted by atomic mass is 32.3. The SMILES string of the molecule is CCC1(CC)CCN(c2c(C)cccc2NSc2ccc(S(=O)(=O)N(C)C)s2)CC1. The molecule has 30 heavy (non-hydrogen) atoms. The zero-order chi connectivity index (χ0) is 21.9. The number of nitrogens with zero attached hydrogens (tertiary/aromatic N) is 2. The summed E-state index contributed by atoms with van der Waals surface area (Å²) in [6.45, 7) is 8.97. The number of nitrogens with one attached hydrogen (secondary N) is 1. The summed E-state index contributed by atoms with van der Waals surface area (Å²) in [4.78, 5) is 2.51. The lowest BCUT2D eigenvalue weighted by atomic mass is 9.74. The van der Waals surface area contributed by atoms with Crippen molar-refractivity contribution in [1.82, 2.24) is 4.31 Å². The minimum atomic E-state index is -3.38. The summed E-state index contributed by atoms with van der Waals surface area (Å²) in [5, 5.41) is 0. The normalized spacial score (nSPS) is 16.8. The Labute approximate surface area is 190 Å². The van der Waals surface area contributed by atoms with Crippen molar-refractivity contribution >= 4 is 44.7 Å². The van der Waals surface area contributed by atoms with Crippen molar-refractivity contribution < 1.29 is 8.42 Å². The fraction of sp³-hybridized carbons (Fsp3) is 0.545. The molecule has 0 unspecified atom stereocenters. The Morgan fingerprint density at radius 3 is 2.40 bits per heavy atom. The first kappa shape index (κ1) is 23.4. The number of hydrogen-bond donors (Lipinski definition) is 1. The smallest absolute Gasteiger partial charge is 0.252 e. The molecule has 0 atom stereocenters. The van der Waals surface area contributed by atoms with Gasteiger partial charge in [-0.15, -0.1) is 11.3 Å². The lowest BCUT2D eigenvalue weighted by Crippen LogP contribution is -2.40. The average molecular weight is 468 g/mol. The summed E-state index contributed by atoms with van der Waals surface area (Å²) in [5.41, 5.74) is 4.12. The third-order valence-corrected chi connectivity index (χ3v) is 10.8. The van der Waals surface area contributed by atoms with E-state index in [4.69, 9.17) is 0 Å². The predicted octanol–water partition coefficient (Wildman–Crippen LogP) is 5.83. The molecule has 166 valence electrons. The second kappa shape index (κ2) is 9.51. The zero-order valence-corrected chi connectivity index (χ0v) is 21.0. The molecule has 1 fully saturated rings. The molecule has 1 saturated heterocycles. The van der Waals surface area contributed by atoms with Crippen LogP contribution >= 0.6 is 23.3 Å². The maximum Gasteiger partial charge on any atom is 0.252 e. The number of rotatable bonds is 8. The van der Waals surface area contributed by atoms with E-state index in [9.17, 15) is 8.42 Å². The van der Waals surface area contributed by atoms with Crippen LogP contribution in [0.4, 0.5) is 11.4 Å². The van der Waals surface area contributed by atoms with Crippen LogP contribution in [-0.2, 0) is 10.0 Å². The minimum Gasteiger partial charge on any atom is -0.370 e. The molecule has 0 bridgehead atoms. The molecule has 0 amide bonds. The Bertz CT molecular complexity index is 956. The van der Waals surface area contributed by atoms with E-state index >= 15 is 0 Å². The van der Waals surface area contributed by atoms with Gasteiger partial charge < -0.3 is 9.62 Å². The molecule has 0 saturated carbocycles. The molecule has 2 heterocycles. The van der Waals surface area contributed by atoms with Crippen LogP contribution in [0.3, 0.4) is 0 Å². The molecule has 1 N–H and O–H groups in total. The Morgan fingerprint density at radius 1 is 1.13 bits per heavy atom. The van der Waals surface area contributed by atoms with Gasteiger partial charge in [0.25, 0.3) is 10.0 Å². The van der Waals surface area contributed by atoms with Gasteiger partial charge in [0.15, 0.2) is 0 Å². The molecule has 3 rings (SSSR count). The van der Waals surface area contributed by atoms with E-state index < -0.39 is 10.0 Å². The Kier molecular flexibility index (Phi) is 7.43. The second-order valence-electron chi connectivity index (χ2n) is 8.23. The van der Waals surface area contributed by atoms with Crippen LogP contribution in [0.2, 0.25) is 0 Å². The van der Waals surface area contributed by atoms with Crippen LogP contribution in [-0.4, -0.2) is 39.9 Å². The summed E-state index contributed by atoms with van der Waals surface area (Å²) in [5.74, 6) is 0. The van der Waals surface area contributed by atoms with Crippen LogP contribution in [0, 0.1) is 12.3 Å². The van der Waals surface area contributed by atoms with Gasteiger partial charge >= 0.3 is 0 Å². The van der Waals surface area contributed by atoms with Crippen molar-refractivity contribution in [3.05, 3.63) is 35.9 Å². The highest BCUT2D eigenvalue weighted by Crippen LogP contribution is 2.42. The maximum atomic E-state index is 12.3. The standard InChI is InChI=1S/C22H33N3O2S3/c1-6-22(7-2)13-15-25(16-14-22)21-17(3)9-8-10-18(21)23-29-19-11-12-20(28-19)30(26,27)24(4)5/h8-12,23H,6-7,13-16H2,1-5H3. The van der Waals surface area contributed by atoms with Crippen LogP contribution < -0.4 is 9.62 Å². The van der Waals surface area contributed by atoms with E-state index in [2.05, 4.69) is 48.6 Å². The Morgan fingerprint density at radius 2 is 1.80 bits per heavy atom. The van der Waals surface area contributed by atoms with Gasteiger partial charge in [-0.2, -0.15) is 0 Å². The molecule has 8 heteroatoms. The zero-order valence-electron chi connectivity index (χ0n) is 18.6. The topological polar surface area (TPSA) is 52.7 Å². The fourth-order valence-corrected chi connectivity index (χ4v) is 7.54. The van der Waals surface area contributed by atoms with Crippen molar-refractivity contribution in [2.45, 2.75) is 54.9 Å². The van der Waals surface area contributed by atoms with E-state index in [0.717, 1.165) is 23.0 Å². The summed E-state index contributed by atoms with van der Waals surface area (Å²) in [6.07, 6.45) is 4.97. The molecular formula is C22H33N3O2S3. The first-order chi connectivity index (χ1) is 14.2. The second-order valence-corrected chi connectivity index (χ2v) is 12.8. The number of hydrogen-bond acceptors (Lipinski definition) is 6. The monoisotopic (exact) mass is 467 g/mol. The van der Waals surface area contributed by atoms with Crippen LogP contribution in [0.1, 0.15) is 45.1 Å². The first-order valence-electron chi connectivity index (χ1n) is 10.5. The number of benzene rings is 1. The number of aryl methyl sites for hydroxylation is 1. The van der Waals surface area contributed by atoms with Gasteiger partial charge in [-0.3, -0.25) is 0 Å². The van der Waals surface area contributed by atoms with Crippen molar-refractivity contribution in [2.24, 2.45) is 5.41 Å². The van der Waals surface area contributed by atoms with Gasteiger partial charge in [-0.05, 0) is 60.9 Å². The van der Waals surface area contributed by atoms with E-state index in [-0.39, 0.29) is 0 Å². The third-order valence-electron chi connectivity index (χ3n) is 6.43. The van der Waals surface area contributed by atoms with Gasteiger partial charge in [0.05, 0.1) is 15.6 Å². The fourth-order valence-electron chi connectivity index (χ4n) is 4.10. The molecule has 2 aromatic rings. The molecule has 0 radical (unpaired) electrons. The van der Waals surface area contributed by atoms with E-state index in [1.807, 2.05) is 6.07 Å². The van der Waals surface area contributed by atoms with Crippen LogP contribution in [0.25, 0.3) is 0 Å². The number of piperidine rings is 1. The quantitative estimate of drug-likeness (QED) is 0.495. The van der Waals surface area contributed by atoms with Crippen LogP contribution in [0.5, 0.6) is 0 Å². The predicted molar refractivity (Wildman–Crippen MR) is 130 cm³/mol. The molecule has 5 nitrogen and oxygen atoms in total. The molecule has 1 aromatic carbocycles. The van der Waals surface area contributed by atoms with Crippen LogP contribution in [0.15, 0.2) is 38.8 Å². The van der Waals surface area contributed by atoms with E-state index in [1.165, 1.54) is 64.5 Å². The summed E-state index contributed by atoms with van der Waals surface area (Å²) in [7, 11) is -0.267. The van der Waals surface area contributed by atoms with Gasteiger partial charge in [-0.25, -0.2) is 12.7 Å². The van der Waals surface area contributed by atoms with Crippen molar-refractivity contribution in [3.63, 3.8) is 0 Å². The molecule has 0 spiro atoms. The Balaban J connectivity index is 1.75.